The van der Waals surface area contributed by atoms with E-state index >= 15 is 0 Å². The van der Waals surface area contributed by atoms with E-state index in [0.29, 0.717) is 49.3 Å². The molecular formula is C19H21ClN4O3S. The highest BCUT2D eigenvalue weighted by molar-refractivity contribution is 7.10. The molecule has 9 heteroatoms. The summed E-state index contributed by atoms with van der Waals surface area (Å²) in [6, 6.07) is 3.67. The fourth-order valence-electron chi connectivity index (χ4n) is 3.37. The highest BCUT2D eigenvalue weighted by Crippen LogP contribution is 2.24. The molecule has 2 aromatic heterocycles. The van der Waals surface area contributed by atoms with Crippen LogP contribution in [0.25, 0.3) is 0 Å². The van der Waals surface area contributed by atoms with Gasteiger partial charge in [-0.1, -0.05) is 11.6 Å². The van der Waals surface area contributed by atoms with Gasteiger partial charge in [0, 0.05) is 37.3 Å². The second kappa shape index (κ2) is 8.46. The third-order valence-corrected chi connectivity index (χ3v) is 6.26. The van der Waals surface area contributed by atoms with Crippen molar-refractivity contribution in [2.24, 2.45) is 0 Å². The molecule has 4 rings (SSSR count). The summed E-state index contributed by atoms with van der Waals surface area (Å²) >= 11 is 8.04. The van der Waals surface area contributed by atoms with Crippen LogP contribution in [0.1, 0.15) is 20.8 Å². The largest absolute Gasteiger partial charge is 0.378 e. The summed E-state index contributed by atoms with van der Waals surface area (Å²) < 4.78 is 5.27. The van der Waals surface area contributed by atoms with Crippen molar-refractivity contribution in [3.05, 3.63) is 44.7 Å². The van der Waals surface area contributed by atoms with E-state index in [4.69, 9.17) is 16.3 Å². The summed E-state index contributed by atoms with van der Waals surface area (Å²) in [4.78, 5) is 34.2. The summed E-state index contributed by atoms with van der Waals surface area (Å²) in [5, 5.41) is 5.39. The molecule has 0 aliphatic carbocycles. The molecule has 0 saturated carbocycles. The van der Waals surface area contributed by atoms with E-state index in [1.165, 1.54) is 16.6 Å². The molecule has 148 valence electrons. The normalized spacial score (nSPS) is 16.6. The molecule has 0 spiro atoms. The average Bonchev–Trinajstić information content (AvgIpc) is 3.20. The number of carbonyl (C=O) groups is 2. The van der Waals surface area contributed by atoms with E-state index in [9.17, 15) is 9.59 Å². The summed E-state index contributed by atoms with van der Waals surface area (Å²) in [6.45, 7) is 3.69. The molecule has 2 amide bonds. The highest BCUT2D eigenvalue weighted by atomic mass is 35.5. The number of nitrogens with zero attached hydrogens (tertiary/aromatic N) is 3. The Morgan fingerprint density at radius 3 is 2.86 bits per heavy atom. The van der Waals surface area contributed by atoms with Crippen molar-refractivity contribution in [3.8, 4) is 0 Å². The van der Waals surface area contributed by atoms with E-state index in [1.807, 2.05) is 4.90 Å². The number of pyridine rings is 1. The molecule has 4 heterocycles. The number of nitrogens with one attached hydrogen (secondary N) is 1. The number of hydrogen-bond donors (Lipinski definition) is 1. The van der Waals surface area contributed by atoms with Crippen LogP contribution in [-0.4, -0.2) is 66.0 Å². The lowest BCUT2D eigenvalue weighted by Crippen LogP contribution is -2.40. The van der Waals surface area contributed by atoms with E-state index in [2.05, 4.69) is 21.7 Å². The third-order valence-electron chi connectivity index (χ3n) is 4.95. The number of ether oxygens (including phenoxy) is 1. The Morgan fingerprint density at radius 1 is 1.25 bits per heavy atom. The molecule has 0 aromatic carbocycles. The SMILES string of the molecule is O=C(CNc1ncc(C(=O)N2CCOCC2)cc1Cl)N1CCc2sccc2C1. The van der Waals surface area contributed by atoms with E-state index < -0.39 is 0 Å². The molecule has 28 heavy (non-hydrogen) atoms. The standard InChI is InChI=1S/C19H21ClN4O3S/c20-15-9-14(19(26)23-4-6-27-7-5-23)10-21-18(15)22-11-17(25)24-3-1-16-13(12-24)2-8-28-16/h2,8-10H,1,3-7,11-12H2,(H,21,22). The van der Waals surface area contributed by atoms with Gasteiger partial charge < -0.3 is 19.9 Å². The van der Waals surface area contributed by atoms with Crippen molar-refractivity contribution in [2.75, 3.05) is 44.7 Å². The number of rotatable bonds is 4. The number of aromatic nitrogens is 1. The molecule has 0 bridgehead atoms. The first kappa shape index (κ1) is 19.2. The monoisotopic (exact) mass is 420 g/mol. The van der Waals surface area contributed by atoms with E-state index in [1.54, 1.807) is 22.3 Å². The number of amides is 2. The maximum absolute atomic E-state index is 12.5. The zero-order chi connectivity index (χ0) is 19.5. The van der Waals surface area contributed by atoms with Crippen LogP contribution in [0, 0.1) is 0 Å². The van der Waals surface area contributed by atoms with Crippen LogP contribution in [0.2, 0.25) is 5.02 Å². The van der Waals surface area contributed by atoms with Crippen LogP contribution in [0.15, 0.2) is 23.7 Å². The molecule has 0 radical (unpaired) electrons. The Labute approximate surface area is 172 Å². The molecule has 0 unspecified atom stereocenters. The van der Waals surface area contributed by atoms with Gasteiger partial charge in [-0.3, -0.25) is 9.59 Å². The van der Waals surface area contributed by atoms with Gasteiger partial charge in [-0.05, 0) is 29.5 Å². The van der Waals surface area contributed by atoms with Crippen molar-refractivity contribution in [3.63, 3.8) is 0 Å². The predicted molar refractivity (Wildman–Crippen MR) is 108 cm³/mol. The van der Waals surface area contributed by atoms with Gasteiger partial charge in [0.1, 0.15) is 5.82 Å². The molecule has 2 aliphatic rings. The van der Waals surface area contributed by atoms with Gasteiger partial charge in [-0.15, -0.1) is 11.3 Å². The maximum atomic E-state index is 12.5. The third kappa shape index (κ3) is 4.14. The quantitative estimate of drug-likeness (QED) is 0.821. The average molecular weight is 421 g/mol. The van der Waals surface area contributed by atoms with Gasteiger partial charge in [0.15, 0.2) is 0 Å². The molecule has 1 N–H and O–H groups in total. The number of fused-ring (bicyclic) bond motifs is 1. The number of hydrogen-bond acceptors (Lipinski definition) is 6. The summed E-state index contributed by atoms with van der Waals surface area (Å²) in [5.41, 5.74) is 1.66. The minimum absolute atomic E-state index is 0.00295. The Kier molecular flexibility index (Phi) is 5.79. The molecule has 1 fully saturated rings. The maximum Gasteiger partial charge on any atom is 0.255 e. The lowest BCUT2D eigenvalue weighted by Gasteiger charge is -2.27. The van der Waals surface area contributed by atoms with Gasteiger partial charge in [0.2, 0.25) is 5.91 Å². The van der Waals surface area contributed by atoms with Crippen molar-refractivity contribution in [1.29, 1.82) is 0 Å². The number of carbonyl (C=O) groups excluding carboxylic acids is 2. The van der Waals surface area contributed by atoms with Crippen LogP contribution in [0.4, 0.5) is 5.82 Å². The number of morpholine rings is 1. The topological polar surface area (TPSA) is 74.8 Å². The summed E-state index contributed by atoms with van der Waals surface area (Å²) in [5.74, 6) is 0.296. The van der Waals surface area contributed by atoms with Gasteiger partial charge >= 0.3 is 0 Å². The molecule has 2 aromatic rings. The molecular weight excluding hydrogens is 400 g/mol. The van der Waals surface area contributed by atoms with E-state index in [0.717, 1.165) is 13.0 Å². The zero-order valence-corrected chi connectivity index (χ0v) is 16.9. The minimum atomic E-state index is -0.111. The summed E-state index contributed by atoms with van der Waals surface area (Å²) in [6.07, 6.45) is 2.39. The van der Waals surface area contributed by atoms with Crippen molar-refractivity contribution in [2.45, 2.75) is 13.0 Å². The van der Waals surface area contributed by atoms with Gasteiger partial charge in [0.05, 0.1) is 30.3 Å². The molecule has 1 saturated heterocycles. The molecule has 0 atom stereocenters. The van der Waals surface area contributed by atoms with Gasteiger partial charge in [-0.2, -0.15) is 0 Å². The van der Waals surface area contributed by atoms with Crippen molar-refractivity contribution < 1.29 is 14.3 Å². The number of anilines is 1. The van der Waals surface area contributed by atoms with Crippen LogP contribution in [0.3, 0.4) is 0 Å². The van der Waals surface area contributed by atoms with Crippen LogP contribution < -0.4 is 5.32 Å². The number of thiophene rings is 1. The first-order chi connectivity index (χ1) is 13.6. The lowest BCUT2D eigenvalue weighted by molar-refractivity contribution is -0.130. The Hall–Kier alpha value is -2.16. The van der Waals surface area contributed by atoms with Crippen LogP contribution >= 0.6 is 22.9 Å². The zero-order valence-electron chi connectivity index (χ0n) is 15.3. The van der Waals surface area contributed by atoms with Crippen molar-refractivity contribution >= 4 is 40.6 Å². The lowest BCUT2D eigenvalue weighted by atomic mass is 10.1. The fourth-order valence-corrected chi connectivity index (χ4v) is 4.49. The molecule has 2 aliphatic heterocycles. The fraction of sp³-hybridized carbons (Fsp3) is 0.421. The smallest absolute Gasteiger partial charge is 0.255 e. The minimum Gasteiger partial charge on any atom is -0.378 e. The van der Waals surface area contributed by atoms with Crippen LogP contribution in [0.5, 0.6) is 0 Å². The second-order valence-corrected chi connectivity index (χ2v) is 8.15. The van der Waals surface area contributed by atoms with Crippen LogP contribution in [-0.2, 0) is 22.5 Å². The van der Waals surface area contributed by atoms with Gasteiger partial charge in [-0.25, -0.2) is 4.98 Å². The Balaban J connectivity index is 1.35. The Bertz CT molecular complexity index is 882. The van der Waals surface area contributed by atoms with E-state index in [-0.39, 0.29) is 18.4 Å². The molecule has 7 nitrogen and oxygen atoms in total. The Morgan fingerprint density at radius 2 is 2.07 bits per heavy atom. The first-order valence-corrected chi connectivity index (χ1v) is 10.5. The highest BCUT2D eigenvalue weighted by Gasteiger charge is 2.22. The van der Waals surface area contributed by atoms with Crippen molar-refractivity contribution in [1.82, 2.24) is 14.8 Å². The second-order valence-electron chi connectivity index (χ2n) is 6.75. The summed E-state index contributed by atoms with van der Waals surface area (Å²) in [7, 11) is 0. The predicted octanol–water partition coefficient (Wildman–Crippen LogP) is 2.27. The first-order valence-electron chi connectivity index (χ1n) is 9.21. The number of halogens is 1. The van der Waals surface area contributed by atoms with Gasteiger partial charge in [0.25, 0.3) is 5.91 Å².